The molecule has 0 radical (unpaired) electrons. The van der Waals surface area contributed by atoms with E-state index in [4.69, 9.17) is 16.3 Å². The zero-order chi connectivity index (χ0) is 22.9. The second-order valence-corrected chi connectivity index (χ2v) is 7.59. The van der Waals surface area contributed by atoms with Gasteiger partial charge in [-0.1, -0.05) is 54.1 Å². The normalized spacial score (nSPS) is 11.5. The predicted molar refractivity (Wildman–Crippen MR) is 117 cm³/mol. The van der Waals surface area contributed by atoms with Gasteiger partial charge in [0, 0.05) is 29.3 Å². The number of hydrogen-bond donors (Lipinski definition) is 1. The Balaban J connectivity index is 1.72. The summed E-state index contributed by atoms with van der Waals surface area (Å²) in [6.07, 6.45) is -4.65. The number of nitrogens with zero attached hydrogens (tertiary/aromatic N) is 2. The van der Waals surface area contributed by atoms with Gasteiger partial charge >= 0.3 is 6.18 Å². The molecule has 0 amide bonds. The van der Waals surface area contributed by atoms with Crippen LogP contribution >= 0.6 is 11.6 Å². The Kier molecular flexibility index (Phi) is 5.84. The highest BCUT2D eigenvalue weighted by molar-refractivity contribution is 6.30. The maximum Gasteiger partial charge on any atom is 0.435 e. The molecule has 0 aliphatic carbocycles. The van der Waals surface area contributed by atoms with E-state index >= 15 is 0 Å². The molecule has 4 aromatic rings. The summed E-state index contributed by atoms with van der Waals surface area (Å²) >= 11 is 5.87. The molecule has 0 aliphatic rings. The zero-order valence-electron chi connectivity index (χ0n) is 16.9. The van der Waals surface area contributed by atoms with E-state index in [0.29, 0.717) is 16.3 Å². The molecule has 164 valence electrons. The molecule has 3 aromatic carbocycles. The minimum Gasteiger partial charge on any atom is -0.507 e. The van der Waals surface area contributed by atoms with Crippen molar-refractivity contribution in [1.82, 2.24) is 9.78 Å². The monoisotopic (exact) mass is 458 g/mol. The van der Waals surface area contributed by atoms with Gasteiger partial charge in [0.2, 0.25) is 0 Å². The average Bonchev–Trinajstić information content (AvgIpc) is 3.11. The molecule has 8 heteroatoms. The summed E-state index contributed by atoms with van der Waals surface area (Å²) in [6.45, 7) is 0.245. The van der Waals surface area contributed by atoms with Crippen LogP contribution in [0.15, 0.2) is 72.8 Å². The van der Waals surface area contributed by atoms with Crippen LogP contribution in [0.5, 0.6) is 11.5 Å². The second kappa shape index (κ2) is 8.59. The third-order valence-electron chi connectivity index (χ3n) is 4.92. The van der Waals surface area contributed by atoms with Crippen molar-refractivity contribution < 1.29 is 23.0 Å². The number of hydrogen-bond acceptors (Lipinski definition) is 3. The Morgan fingerprint density at radius 2 is 1.69 bits per heavy atom. The first-order valence-electron chi connectivity index (χ1n) is 9.64. The van der Waals surface area contributed by atoms with E-state index in [-0.39, 0.29) is 29.2 Å². The van der Waals surface area contributed by atoms with Gasteiger partial charge in [-0.15, -0.1) is 0 Å². The largest absolute Gasteiger partial charge is 0.507 e. The van der Waals surface area contributed by atoms with E-state index in [9.17, 15) is 18.3 Å². The fraction of sp³-hybridized carbons (Fsp3) is 0.125. The first-order chi connectivity index (χ1) is 15.2. The van der Waals surface area contributed by atoms with Crippen molar-refractivity contribution in [2.45, 2.75) is 12.8 Å². The molecule has 4 rings (SSSR count). The van der Waals surface area contributed by atoms with E-state index in [1.165, 1.54) is 19.2 Å². The van der Waals surface area contributed by atoms with Crippen molar-refractivity contribution in [2.75, 3.05) is 0 Å². The van der Waals surface area contributed by atoms with Crippen LogP contribution in [-0.2, 0) is 19.8 Å². The van der Waals surface area contributed by atoms with E-state index in [1.807, 2.05) is 12.1 Å². The molecule has 0 unspecified atom stereocenters. The van der Waals surface area contributed by atoms with Crippen LogP contribution in [0.4, 0.5) is 13.2 Å². The van der Waals surface area contributed by atoms with Crippen molar-refractivity contribution in [3.8, 4) is 33.9 Å². The smallest absolute Gasteiger partial charge is 0.435 e. The molecule has 0 fully saturated rings. The molecular weight excluding hydrogens is 441 g/mol. The highest BCUT2D eigenvalue weighted by atomic mass is 35.5. The lowest BCUT2D eigenvalue weighted by atomic mass is 9.98. The van der Waals surface area contributed by atoms with Gasteiger partial charge in [-0.2, -0.15) is 18.3 Å². The van der Waals surface area contributed by atoms with Crippen LogP contribution in [0.2, 0.25) is 5.02 Å². The maximum atomic E-state index is 13.7. The number of aromatic hydroxyl groups is 1. The summed E-state index contributed by atoms with van der Waals surface area (Å²) in [5, 5.41) is 15.0. The van der Waals surface area contributed by atoms with Crippen molar-refractivity contribution in [2.24, 2.45) is 7.05 Å². The molecule has 0 bridgehead atoms. The summed E-state index contributed by atoms with van der Waals surface area (Å²) in [5.41, 5.74) is 0.504. The summed E-state index contributed by atoms with van der Waals surface area (Å²) in [7, 11) is 1.42. The molecule has 0 spiro atoms. The van der Waals surface area contributed by atoms with Gasteiger partial charge in [0.1, 0.15) is 18.1 Å². The summed E-state index contributed by atoms with van der Waals surface area (Å²) < 4.78 is 48.0. The number of phenols is 1. The highest BCUT2D eigenvalue weighted by Gasteiger charge is 2.39. The third kappa shape index (κ3) is 4.43. The minimum absolute atomic E-state index is 0.0919. The Hall–Kier alpha value is -3.45. The number of aromatic nitrogens is 2. The van der Waals surface area contributed by atoms with Crippen LogP contribution < -0.4 is 4.74 Å². The molecule has 4 nitrogen and oxygen atoms in total. The Bertz CT molecular complexity index is 1240. The van der Waals surface area contributed by atoms with Crippen LogP contribution in [0.25, 0.3) is 22.4 Å². The third-order valence-corrected chi connectivity index (χ3v) is 5.17. The second-order valence-electron chi connectivity index (χ2n) is 7.15. The number of aryl methyl sites for hydroxylation is 1. The molecule has 1 aromatic heterocycles. The van der Waals surface area contributed by atoms with Crippen molar-refractivity contribution in [3.05, 3.63) is 89.1 Å². The number of rotatable bonds is 5. The van der Waals surface area contributed by atoms with Gasteiger partial charge < -0.3 is 9.84 Å². The van der Waals surface area contributed by atoms with Gasteiger partial charge in [0.05, 0.1) is 5.69 Å². The lowest BCUT2D eigenvalue weighted by molar-refractivity contribution is -0.140. The van der Waals surface area contributed by atoms with Crippen molar-refractivity contribution >= 4 is 11.6 Å². The van der Waals surface area contributed by atoms with Gasteiger partial charge in [-0.05, 0) is 35.4 Å². The number of alkyl halides is 3. The Labute approximate surface area is 187 Å². The van der Waals surface area contributed by atoms with Crippen LogP contribution in [-0.4, -0.2) is 14.9 Å². The lowest BCUT2D eigenvalue weighted by Crippen LogP contribution is -2.08. The molecule has 0 atom stereocenters. The van der Waals surface area contributed by atoms with E-state index in [0.717, 1.165) is 10.2 Å². The van der Waals surface area contributed by atoms with Crippen LogP contribution in [0.3, 0.4) is 0 Å². The SMILES string of the molecule is Cn1nc(C(F)(F)F)c(-c2ccccc2)c1-c1ccc(OCc2ccc(Cl)cc2)cc1O. The molecule has 32 heavy (non-hydrogen) atoms. The number of phenolic OH excluding ortho intramolecular Hbond substituents is 1. The van der Waals surface area contributed by atoms with E-state index in [2.05, 4.69) is 5.10 Å². The maximum absolute atomic E-state index is 13.7. The molecule has 1 heterocycles. The number of halogens is 4. The fourth-order valence-corrected chi connectivity index (χ4v) is 3.58. The first-order valence-corrected chi connectivity index (χ1v) is 10.0. The lowest BCUT2D eigenvalue weighted by Gasteiger charge is -2.12. The van der Waals surface area contributed by atoms with Crippen LogP contribution in [0, 0.1) is 0 Å². The summed E-state index contributed by atoms with van der Waals surface area (Å²) in [4.78, 5) is 0. The van der Waals surface area contributed by atoms with Gasteiger partial charge in [-0.25, -0.2) is 0 Å². The number of ether oxygens (including phenoxy) is 1. The predicted octanol–water partition coefficient (Wildman–Crippen LogP) is 6.71. The molecule has 1 N–H and O–H groups in total. The van der Waals surface area contributed by atoms with Gasteiger partial charge in [0.15, 0.2) is 5.69 Å². The van der Waals surface area contributed by atoms with Gasteiger partial charge in [0.25, 0.3) is 0 Å². The quantitative estimate of drug-likeness (QED) is 0.361. The topological polar surface area (TPSA) is 47.3 Å². The molecule has 0 aliphatic heterocycles. The molecule has 0 saturated heterocycles. The van der Waals surface area contributed by atoms with E-state index in [1.54, 1.807) is 48.5 Å². The Morgan fingerprint density at radius 1 is 1.00 bits per heavy atom. The minimum atomic E-state index is -4.65. The summed E-state index contributed by atoms with van der Waals surface area (Å²) in [6, 6.07) is 19.8. The standard InChI is InChI=1S/C24H18ClF3N2O2/c1-30-22(21(16-5-3-2-4-6-16)23(29-30)24(26,27)28)19-12-11-18(13-20(19)31)32-14-15-7-9-17(25)10-8-15/h2-13,31H,14H2,1H3. The molecule has 0 saturated carbocycles. The van der Waals surface area contributed by atoms with Crippen molar-refractivity contribution in [1.29, 1.82) is 0 Å². The highest BCUT2D eigenvalue weighted by Crippen LogP contribution is 2.44. The van der Waals surface area contributed by atoms with Gasteiger partial charge in [-0.3, -0.25) is 4.68 Å². The first kappa shape index (κ1) is 21.8. The fourth-order valence-electron chi connectivity index (χ4n) is 3.46. The number of benzene rings is 3. The Morgan fingerprint density at radius 3 is 2.31 bits per heavy atom. The molecular formula is C24H18ClF3N2O2. The van der Waals surface area contributed by atoms with Crippen LogP contribution in [0.1, 0.15) is 11.3 Å². The van der Waals surface area contributed by atoms with E-state index < -0.39 is 11.9 Å². The van der Waals surface area contributed by atoms with Crippen molar-refractivity contribution in [3.63, 3.8) is 0 Å². The zero-order valence-corrected chi connectivity index (χ0v) is 17.7. The average molecular weight is 459 g/mol. The summed E-state index contributed by atoms with van der Waals surface area (Å²) in [5.74, 6) is 0.160.